The minimum atomic E-state index is 0.328. The molecule has 0 saturated heterocycles. The highest BCUT2D eigenvalue weighted by Crippen LogP contribution is 2.13. The maximum absolute atomic E-state index is 5.23. The first kappa shape index (κ1) is 13.5. The Labute approximate surface area is 113 Å². The van der Waals surface area contributed by atoms with Gasteiger partial charge in [-0.2, -0.15) is 4.98 Å². The number of ether oxygens (including phenoxy) is 1. The van der Waals surface area contributed by atoms with E-state index in [1.165, 1.54) is 0 Å². The predicted octanol–water partition coefficient (Wildman–Crippen LogP) is 1.82. The lowest BCUT2D eigenvalue weighted by atomic mass is 10.1. The zero-order valence-corrected chi connectivity index (χ0v) is 11.5. The molecule has 2 rings (SSSR count). The summed E-state index contributed by atoms with van der Waals surface area (Å²) in [4.78, 5) is 4.39. The van der Waals surface area contributed by atoms with Gasteiger partial charge in [0.1, 0.15) is 5.75 Å². The lowest BCUT2D eigenvalue weighted by Gasteiger charge is -2.04. The molecule has 0 aliphatic heterocycles. The number of nitrogens with zero attached hydrogens (tertiary/aromatic N) is 2. The van der Waals surface area contributed by atoms with Crippen LogP contribution in [0.5, 0.6) is 5.75 Å². The standard InChI is InChI=1S/C14H19N3O2/c1-10(15-2)8-14-16-13(17-19-14)9-11-4-6-12(18-3)7-5-11/h4-7,10,15H,8-9H2,1-3H3. The molecule has 1 aromatic heterocycles. The van der Waals surface area contributed by atoms with E-state index >= 15 is 0 Å². The average Bonchev–Trinajstić information content (AvgIpc) is 2.86. The van der Waals surface area contributed by atoms with Crippen LogP contribution in [0.1, 0.15) is 24.2 Å². The first-order valence-electron chi connectivity index (χ1n) is 6.33. The first-order chi connectivity index (χ1) is 9.21. The Kier molecular flexibility index (Phi) is 4.52. The third-order valence-electron chi connectivity index (χ3n) is 3.01. The van der Waals surface area contributed by atoms with E-state index in [2.05, 4.69) is 22.4 Å². The van der Waals surface area contributed by atoms with Crippen LogP contribution >= 0.6 is 0 Å². The van der Waals surface area contributed by atoms with E-state index in [0.29, 0.717) is 24.2 Å². The highest BCUT2D eigenvalue weighted by molar-refractivity contribution is 5.28. The summed E-state index contributed by atoms with van der Waals surface area (Å²) in [5.74, 6) is 2.23. The van der Waals surface area contributed by atoms with Gasteiger partial charge >= 0.3 is 0 Å². The van der Waals surface area contributed by atoms with Crippen molar-refractivity contribution in [3.05, 3.63) is 41.5 Å². The van der Waals surface area contributed by atoms with Crippen molar-refractivity contribution in [1.82, 2.24) is 15.5 Å². The molecule has 5 nitrogen and oxygen atoms in total. The second-order valence-corrected chi connectivity index (χ2v) is 4.52. The van der Waals surface area contributed by atoms with E-state index in [4.69, 9.17) is 9.26 Å². The van der Waals surface area contributed by atoms with Crippen LogP contribution in [-0.4, -0.2) is 30.3 Å². The van der Waals surface area contributed by atoms with E-state index in [-0.39, 0.29) is 0 Å². The molecule has 19 heavy (non-hydrogen) atoms. The molecule has 0 saturated carbocycles. The third-order valence-corrected chi connectivity index (χ3v) is 3.01. The average molecular weight is 261 g/mol. The molecule has 0 spiro atoms. The molecule has 0 fully saturated rings. The molecule has 0 amide bonds. The molecule has 1 heterocycles. The lowest BCUT2D eigenvalue weighted by Crippen LogP contribution is -2.23. The molecule has 5 heteroatoms. The number of hydrogen-bond acceptors (Lipinski definition) is 5. The zero-order chi connectivity index (χ0) is 13.7. The Morgan fingerprint density at radius 2 is 2.05 bits per heavy atom. The number of rotatable bonds is 6. The van der Waals surface area contributed by atoms with Crippen LogP contribution in [0.2, 0.25) is 0 Å². The van der Waals surface area contributed by atoms with Crippen molar-refractivity contribution in [3.8, 4) is 5.75 Å². The SMILES string of the molecule is CNC(C)Cc1nc(Cc2ccc(OC)cc2)no1. The molecule has 1 aromatic carbocycles. The summed E-state index contributed by atoms with van der Waals surface area (Å²) in [7, 11) is 3.57. The molecule has 102 valence electrons. The van der Waals surface area contributed by atoms with E-state index in [1.54, 1.807) is 7.11 Å². The largest absolute Gasteiger partial charge is 0.497 e. The zero-order valence-electron chi connectivity index (χ0n) is 11.5. The summed E-state index contributed by atoms with van der Waals surface area (Å²) in [5.41, 5.74) is 1.13. The molecule has 1 unspecified atom stereocenters. The van der Waals surface area contributed by atoms with Crippen molar-refractivity contribution in [2.24, 2.45) is 0 Å². The van der Waals surface area contributed by atoms with Gasteiger partial charge in [0.15, 0.2) is 5.82 Å². The Bertz CT molecular complexity index is 508. The number of aromatic nitrogens is 2. The summed E-state index contributed by atoms with van der Waals surface area (Å²) >= 11 is 0. The fourth-order valence-electron chi connectivity index (χ4n) is 1.73. The van der Waals surface area contributed by atoms with Crippen LogP contribution in [0.15, 0.2) is 28.8 Å². The van der Waals surface area contributed by atoms with Crippen LogP contribution in [0, 0.1) is 0 Å². The fourth-order valence-corrected chi connectivity index (χ4v) is 1.73. The Hall–Kier alpha value is -1.88. The van der Waals surface area contributed by atoms with Gasteiger partial charge in [-0.05, 0) is 31.7 Å². The van der Waals surface area contributed by atoms with Gasteiger partial charge in [-0.1, -0.05) is 17.3 Å². The second-order valence-electron chi connectivity index (χ2n) is 4.52. The minimum absolute atomic E-state index is 0.328. The van der Waals surface area contributed by atoms with Gasteiger partial charge in [0, 0.05) is 18.9 Å². The van der Waals surface area contributed by atoms with Crippen LogP contribution in [-0.2, 0) is 12.8 Å². The summed E-state index contributed by atoms with van der Waals surface area (Å²) in [6.07, 6.45) is 1.41. The van der Waals surface area contributed by atoms with E-state index in [9.17, 15) is 0 Å². The molecule has 2 aromatic rings. The van der Waals surface area contributed by atoms with Crippen molar-refractivity contribution in [2.45, 2.75) is 25.8 Å². The van der Waals surface area contributed by atoms with Gasteiger partial charge in [0.05, 0.1) is 7.11 Å². The van der Waals surface area contributed by atoms with Crippen molar-refractivity contribution < 1.29 is 9.26 Å². The fraction of sp³-hybridized carbons (Fsp3) is 0.429. The first-order valence-corrected chi connectivity index (χ1v) is 6.33. The monoisotopic (exact) mass is 261 g/mol. The topological polar surface area (TPSA) is 60.2 Å². The Morgan fingerprint density at radius 3 is 2.68 bits per heavy atom. The third kappa shape index (κ3) is 3.79. The molecular weight excluding hydrogens is 242 g/mol. The molecule has 0 bridgehead atoms. The van der Waals surface area contributed by atoms with Gasteiger partial charge in [0.25, 0.3) is 0 Å². The molecule has 1 N–H and O–H groups in total. The summed E-state index contributed by atoms with van der Waals surface area (Å²) in [6.45, 7) is 2.08. The lowest BCUT2D eigenvalue weighted by molar-refractivity contribution is 0.361. The van der Waals surface area contributed by atoms with Gasteiger partial charge in [-0.15, -0.1) is 0 Å². The molecule has 0 radical (unpaired) electrons. The van der Waals surface area contributed by atoms with Gasteiger partial charge in [0.2, 0.25) is 5.89 Å². The molecule has 1 atom stereocenters. The number of hydrogen-bond donors (Lipinski definition) is 1. The van der Waals surface area contributed by atoms with Crippen molar-refractivity contribution in [3.63, 3.8) is 0 Å². The van der Waals surface area contributed by atoms with E-state index in [0.717, 1.165) is 17.7 Å². The Morgan fingerprint density at radius 1 is 1.32 bits per heavy atom. The highest BCUT2D eigenvalue weighted by Gasteiger charge is 2.10. The maximum Gasteiger partial charge on any atom is 0.228 e. The molecular formula is C14H19N3O2. The highest BCUT2D eigenvalue weighted by atomic mass is 16.5. The van der Waals surface area contributed by atoms with Crippen LogP contribution in [0.25, 0.3) is 0 Å². The van der Waals surface area contributed by atoms with Gasteiger partial charge in [-0.3, -0.25) is 0 Å². The van der Waals surface area contributed by atoms with Crippen molar-refractivity contribution in [1.29, 1.82) is 0 Å². The van der Waals surface area contributed by atoms with Gasteiger partial charge < -0.3 is 14.6 Å². The van der Waals surface area contributed by atoms with E-state index in [1.807, 2.05) is 31.3 Å². The molecule has 0 aliphatic carbocycles. The number of methoxy groups -OCH3 is 1. The van der Waals surface area contributed by atoms with Crippen LogP contribution in [0.3, 0.4) is 0 Å². The number of nitrogens with one attached hydrogen (secondary N) is 1. The van der Waals surface area contributed by atoms with E-state index < -0.39 is 0 Å². The summed E-state index contributed by atoms with van der Waals surface area (Å²) in [5, 5.41) is 7.14. The van der Waals surface area contributed by atoms with Gasteiger partial charge in [-0.25, -0.2) is 0 Å². The number of benzene rings is 1. The van der Waals surface area contributed by atoms with Crippen LogP contribution in [0.4, 0.5) is 0 Å². The maximum atomic E-state index is 5.23. The number of likely N-dealkylation sites (N-methyl/N-ethyl adjacent to an activating group) is 1. The quantitative estimate of drug-likeness (QED) is 0.859. The van der Waals surface area contributed by atoms with Crippen molar-refractivity contribution >= 4 is 0 Å². The minimum Gasteiger partial charge on any atom is -0.497 e. The summed E-state index contributed by atoms with van der Waals surface area (Å²) in [6, 6.07) is 8.20. The Balaban J connectivity index is 1.98. The molecule has 0 aliphatic rings. The predicted molar refractivity (Wildman–Crippen MR) is 72.3 cm³/mol. The normalized spacial score (nSPS) is 12.4. The van der Waals surface area contributed by atoms with Crippen LogP contribution < -0.4 is 10.1 Å². The second kappa shape index (κ2) is 6.33. The smallest absolute Gasteiger partial charge is 0.228 e. The van der Waals surface area contributed by atoms with Crippen molar-refractivity contribution in [2.75, 3.05) is 14.2 Å². The summed E-state index contributed by atoms with van der Waals surface area (Å²) < 4.78 is 10.4.